The van der Waals surface area contributed by atoms with Gasteiger partial charge in [0.25, 0.3) is 0 Å². The first-order valence-electron chi connectivity index (χ1n) is 21.7. The maximum absolute atomic E-state index is 2.53. The Bertz CT molecular complexity index is 3880. The highest BCUT2D eigenvalue weighted by atomic mass is 32.1. The Morgan fingerprint density at radius 3 is 1.64 bits per heavy atom. The lowest BCUT2D eigenvalue weighted by Crippen LogP contribution is -2.18. The fraction of sp³-hybridized carbons (Fsp3) is 0. The number of benzene rings is 11. The second kappa shape index (κ2) is 15.0. The number of thiophene rings is 2. The summed E-state index contributed by atoms with van der Waals surface area (Å²) in [6.07, 6.45) is 0. The van der Waals surface area contributed by atoms with Gasteiger partial charge in [-0.15, -0.1) is 22.7 Å². The van der Waals surface area contributed by atoms with Crippen LogP contribution in [-0.4, -0.2) is 0 Å². The summed E-state index contributed by atoms with van der Waals surface area (Å²) < 4.78 is 5.16. The molecular weight excluding hydrogens is 813 g/mol. The summed E-state index contributed by atoms with van der Waals surface area (Å²) in [5.74, 6) is 0. The predicted molar refractivity (Wildman–Crippen MR) is 280 cm³/mol. The van der Waals surface area contributed by atoms with Crippen molar-refractivity contribution in [2.75, 3.05) is 9.80 Å². The highest BCUT2D eigenvalue weighted by Crippen LogP contribution is 2.53. The van der Waals surface area contributed by atoms with Gasteiger partial charge in [0.2, 0.25) is 0 Å². The van der Waals surface area contributed by atoms with Crippen molar-refractivity contribution in [2.24, 2.45) is 0 Å². The van der Waals surface area contributed by atoms with E-state index >= 15 is 0 Å². The van der Waals surface area contributed by atoms with Gasteiger partial charge in [-0.05, 0) is 105 Å². The van der Waals surface area contributed by atoms with Crippen molar-refractivity contribution in [2.45, 2.75) is 0 Å². The molecule has 0 fully saturated rings. The molecule has 0 spiro atoms. The molecule has 300 valence electrons. The van der Waals surface area contributed by atoms with Gasteiger partial charge in [-0.3, -0.25) is 0 Å². The van der Waals surface area contributed by atoms with Gasteiger partial charge in [-0.2, -0.15) is 0 Å². The van der Waals surface area contributed by atoms with E-state index in [0.717, 1.165) is 39.5 Å². The Hall–Kier alpha value is -7.76. The average molecular weight is 851 g/mol. The van der Waals surface area contributed by atoms with Crippen LogP contribution in [0.25, 0.3) is 83.8 Å². The molecule has 0 saturated carbocycles. The topological polar surface area (TPSA) is 6.48 Å². The second-order valence-corrected chi connectivity index (χ2v) is 18.6. The first kappa shape index (κ1) is 36.9. The van der Waals surface area contributed by atoms with Gasteiger partial charge in [-0.25, -0.2) is 0 Å². The van der Waals surface area contributed by atoms with E-state index in [1.54, 1.807) is 0 Å². The zero-order valence-corrected chi connectivity index (χ0v) is 36.3. The zero-order valence-electron chi connectivity index (χ0n) is 34.7. The van der Waals surface area contributed by atoms with E-state index in [1.807, 2.05) is 22.7 Å². The molecule has 0 unspecified atom stereocenters. The molecule has 2 heterocycles. The number of fused-ring (bicyclic) bond motifs is 10. The molecule has 64 heavy (non-hydrogen) atoms. The molecule has 0 bridgehead atoms. The molecule has 13 aromatic rings. The lowest BCUT2D eigenvalue weighted by atomic mass is 9.92. The molecule has 0 saturated heterocycles. The van der Waals surface area contributed by atoms with Crippen molar-refractivity contribution < 1.29 is 0 Å². The highest BCUT2D eigenvalue weighted by molar-refractivity contribution is 7.26. The van der Waals surface area contributed by atoms with Crippen molar-refractivity contribution in [1.82, 2.24) is 0 Å². The van der Waals surface area contributed by atoms with Gasteiger partial charge in [-0.1, -0.05) is 158 Å². The summed E-state index contributed by atoms with van der Waals surface area (Å²) in [7, 11) is 0. The summed E-state index contributed by atoms with van der Waals surface area (Å²) in [5.41, 5.74) is 8.95. The van der Waals surface area contributed by atoms with E-state index < -0.39 is 0 Å². The molecule has 4 heteroatoms. The molecule has 13 rings (SSSR count). The highest BCUT2D eigenvalue weighted by Gasteiger charge is 2.28. The van der Waals surface area contributed by atoms with E-state index in [-0.39, 0.29) is 0 Å². The number of rotatable bonds is 7. The van der Waals surface area contributed by atoms with Crippen LogP contribution in [0, 0.1) is 0 Å². The van der Waals surface area contributed by atoms with Gasteiger partial charge in [0.05, 0.1) is 17.1 Å². The van der Waals surface area contributed by atoms with Crippen molar-refractivity contribution in [3.63, 3.8) is 0 Å². The monoisotopic (exact) mass is 850 g/mol. The molecule has 2 nitrogen and oxygen atoms in total. The minimum Gasteiger partial charge on any atom is -0.308 e. The average Bonchev–Trinajstić information content (AvgIpc) is 3.93. The number of para-hydroxylation sites is 2. The van der Waals surface area contributed by atoms with Gasteiger partial charge in [0.15, 0.2) is 0 Å². The number of hydrogen-bond acceptors (Lipinski definition) is 4. The molecule has 0 amide bonds. The van der Waals surface area contributed by atoms with Crippen LogP contribution < -0.4 is 9.80 Å². The molecule has 2 aromatic heterocycles. The molecule has 0 aliphatic rings. The minimum atomic E-state index is 1.08. The number of anilines is 6. The van der Waals surface area contributed by atoms with Gasteiger partial charge in [0.1, 0.15) is 0 Å². The standard InChI is InChI=1S/C60H38N2S2/c1-3-19-42(20-4-1)61(43-21-5-2-6-22-43)60-50-27-12-11-25-47(50)51(41-31-34-56-52(36-41)59-46-24-10-8-17-40(46)30-35-57(59)63-56)38-54(60)62(53-28-15-18-39-16-7-9-23-45(39)53)44-32-33-49-48-26-13-14-29-55(48)64-58(49)37-44/h1-38H. The Balaban J connectivity index is 1.18. The summed E-state index contributed by atoms with van der Waals surface area (Å²) in [6, 6.07) is 85.0. The fourth-order valence-electron chi connectivity index (χ4n) is 9.93. The van der Waals surface area contributed by atoms with Crippen LogP contribution >= 0.6 is 22.7 Å². The largest absolute Gasteiger partial charge is 0.308 e. The van der Waals surface area contributed by atoms with Gasteiger partial charge >= 0.3 is 0 Å². The van der Waals surface area contributed by atoms with E-state index in [2.05, 4.69) is 240 Å². The molecule has 0 radical (unpaired) electrons. The lowest BCUT2D eigenvalue weighted by Gasteiger charge is -2.35. The van der Waals surface area contributed by atoms with Crippen LogP contribution in [0.15, 0.2) is 231 Å². The molecule has 0 N–H and O–H groups in total. The molecular formula is C60H38N2S2. The first-order chi connectivity index (χ1) is 31.7. The summed E-state index contributed by atoms with van der Waals surface area (Å²) in [4.78, 5) is 4.99. The van der Waals surface area contributed by atoms with Crippen molar-refractivity contribution in [3.8, 4) is 11.1 Å². The maximum Gasteiger partial charge on any atom is 0.0781 e. The lowest BCUT2D eigenvalue weighted by molar-refractivity contribution is 1.25. The molecule has 0 aliphatic heterocycles. The Morgan fingerprint density at radius 2 is 0.859 bits per heavy atom. The third kappa shape index (κ3) is 5.91. The summed E-state index contributed by atoms with van der Waals surface area (Å²) in [5, 5.41) is 12.5. The van der Waals surface area contributed by atoms with E-state index in [1.165, 1.54) is 78.4 Å². The molecule has 0 atom stereocenters. The van der Waals surface area contributed by atoms with Crippen molar-refractivity contribution in [3.05, 3.63) is 231 Å². The van der Waals surface area contributed by atoms with Crippen LogP contribution in [0.3, 0.4) is 0 Å². The zero-order chi connectivity index (χ0) is 42.1. The van der Waals surface area contributed by atoms with E-state index in [9.17, 15) is 0 Å². The van der Waals surface area contributed by atoms with Crippen molar-refractivity contribution in [1.29, 1.82) is 0 Å². The van der Waals surface area contributed by atoms with Crippen LogP contribution in [0.1, 0.15) is 0 Å². The maximum atomic E-state index is 2.53. The van der Waals surface area contributed by atoms with Gasteiger partial charge in [0, 0.05) is 68.2 Å². The smallest absolute Gasteiger partial charge is 0.0781 e. The normalized spacial score (nSPS) is 11.8. The SMILES string of the molecule is c1ccc(N(c2ccccc2)c2c(N(c3ccc4c(c3)sc3ccccc34)c3cccc4ccccc34)cc(-c3ccc4sc5ccc6ccccc6c5c4c3)c3ccccc23)cc1. The predicted octanol–water partition coefficient (Wildman–Crippen LogP) is 18.5. The van der Waals surface area contributed by atoms with Crippen molar-refractivity contribution >= 4 is 129 Å². The van der Waals surface area contributed by atoms with Crippen LogP contribution in [0.2, 0.25) is 0 Å². The van der Waals surface area contributed by atoms with Gasteiger partial charge < -0.3 is 9.80 Å². The third-order valence-electron chi connectivity index (χ3n) is 12.8. The minimum absolute atomic E-state index is 1.08. The Kier molecular flexibility index (Phi) is 8.61. The number of hydrogen-bond donors (Lipinski definition) is 0. The Morgan fingerprint density at radius 1 is 0.281 bits per heavy atom. The third-order valence-corrected chi connectivity index (χ3v) is 15.1. The second-order valence-electron chi connectivity index (χ2n) is 16.4. The Labute approximate surface area is 378 Å². The van der Waals surface area contributed by atoms with Crippen LogP contribution in [-0.2, 0) is 0 Å². The van der Waals surface area contributed by atoms with Crippen LogP contribution in [0.4, 0.5) is 34.1 Å². The summed E-state index contributed by atoms with van der Waals surface area (Å²) in [6.45, 7) is 0. The van der Waals surface area contributed by atoms with E-state index in [4.69, 9.17) is 0 Å². The summed E-state index contributed by atoms with van der Waals surface area (Å²) >= 11 is 3.74. The molecule has 11 aromatic carbocycles. The quantitative estimate of drug-likeness (QED) is 0.158. The number of nitrogens with zero attached hydrogens (tertiary/aromatic N) is 2. The van der Waals surface area contributed by atoms with Crippen LogP contribution in [0.5, 0.6) is 0 Å². The fourth-order valence-corrected chi connectivity index (χ4v) is 12.2. The molecule has 0 aliphatic carbocycles. The van der Waals surface area contributed by atoms with E-state index in [0.29, 0.717) is 0 Å². The first-order valence-corrected chi connectivity index (χ1v) is 23.4.